The van der Waals surface area contributed by atoms with Crippen molar-refractivity contribution in [2.24, 2.45) is 12.0 Å². The molecule has 0 saturated carbocycles. The molecule has 2 N–H and O–H groups in total. The highest BCUT2D eigenvalue weighted by atomic mass is 127. The van der Waals surface area contributed by atoms with Crippen LogP contribution in [0.25, 0.3) is 0 Å². The first-order valence-electron chi connectivity index (χ1n) is 9.97. The molecule has 29 heavy (non-hydrogen) atoms. The molecule has 0 unspecified atom stereocenters. The molecule has 0 amide bonds. The molecule has 11 heteroatoms. The van der Waals surface area contributed by atoms with Crippen LogP contribution in [-0.4, -0.2) is 77.5 Å². The van der Waals surface area contributed by atoms with Gasteiger partial charge in [0, 0.05) is 45.9 Å². The molecule has 1 fully saturated rings. The second kappa shape index (κ2) is 14.0. The van der Waals surface area contributed by atoms with Crippen molar-refractivity contribution in [3.8, 4) is 0 Å². The van der Waals surface area contributed by atoms with Gasteiger partial charge in [-0.1, -0.05) is 0 Å². The molecular weight excluding hydrogens is 495 g/mol. The molecule has 0 bridgehead atoms. The van der Waals surface area contributed by atoms with E-state index in [1.165, 1.54) is 0 Å². The highest BCUT2D eigenvalue weighted by molar-refractivity contribution is 14.0. The molecule has 0 radical (unpaired) electrons. The summed E-state index contributed by atoms with van der Waals surface area (Å²) in [6, 6.07) is 0.216. The summed E-state index contributed by atoms with van der Waals surface area (Å²) in [6.07, 6.45) is 0.235. The van der Waals surface area contributed by atoms with Crippen LogP contribution in [0.1, 0.15) is 37.8 Å². The van der Waals surface area contributed by atoms with Gasteiger partial charge in [0.05, 0.1) is 6.54 Å². The van der Waals surface area contributed by atoms with Crippen LogP contribution in [-0.2, 0) is 18.3 Å². The standard InChI is InChI=1S/C18H33F2N7O.HI/c1-4-28-11-5-8-21-18(22-12-17-25-24-14(2)26(17)3)23-15-6-9-27(10-7-15)13-16(19)20;/h15-16H,4-13H2,1-3H3,(H2,21,22,23);1H. The van der Waals surface area contributed by atoms with Gasteiger partial charge in [-0.15, -0.1) is 34.2 Å². The highest BCUT2D eigenvalue weighted by Crippen LogP contribution is 2.12. The number of aryl methyl sites for hydroxylation is 1. The number of rotatable bonds is 10. The number of piperidine rings is 1. The summed E-state index contributed by atoms with van der Waals surface area (Å²) in [4.78, 5) is 6.46. The molecule has 2 heterocycles. The fourth-order valence-electron chi connectivity index (χ4n) is 3.06. The van der Waals surface area contributed by atoms with Gasteiger partial charge in [-0.2, -0.15) is 0 Å². The molecule has 1 saturated heterocycles. The molecule has 8 nitrogen and oxygen atoms in total. The normalized spacial score (nSPS) is 16.1. The summed E-state index contributed by atoms with van der Waals surface area (Å²) in [6.45, 7) is 7.65. The quantitative estimate of drug-likeness (QED) is 0.209. The maximum absolute atomic E-state index is 12.5. The van der Waals surface area contributed by atoms with E-state index in [4.69, 9.17) is 4.74 Å². The molecule has 0 spiro atoms. The number of ether oxygens (including phenoxy) is 1. The number of nitrogens with one attached hydrogen (secondary N) is 2. The molecule has 0 atom stereocenters. The van der Waals surface area contributed by atoms with E-state index < -0.39 is 6.43 Å². The van der Waals surface area contributed by atoms with E-state index in [-0.39, 0.29) is 36.6 Å². The minimum Gasteiger partial charge on any atom is -0.382 e. The molecule has 1 aromatic rings. The summed E-state index contributed by atoms with van der Waals surface area (Å²) < 4.78 is 32.4. The minimum absolute atomic E-state index is 0. The summed E-state index contributed by atoms with van der Waals surface area (Å²) in [5.74, 6) is 2.35. The zero-order chi connectivity index (χ0) is 20.4. The Balaban J connectivity index is 0.00000420. The fraction of sp³-hybridized carbons (Fsp3) is 0.833. The topological polar surface area (TPSA) is 79.6 Å². The van der Waals surface area contributed by atoms with Crippen LogP contribution in [0.2, 0.25) is 0 Å². The number of guanidine groups is 1. The number of alkyl halides is 2. The Hall–Kier alpha value is -1.08. The maximum atomic E-state index is 12.5. The number of aliphatic imine (C=N–C) groups is 1. The predicted molar refractivity (Wildman–Crippen MR) is 120 cm³/mol. The number of hydrogen-bond donors (Lipinski definition) is 2. The second-order valence-corrected chi connectivity index (χ2v) is 6.97. The lowest BCUT2D eigenvalue weighted by molar-refractivity contribution is 0.0744. The summed E-state index contributed by atoms with van der Waals surface area (Å²) in [7, 11) is 1.92. The Labute approximate surface area is 188 Å². The maximum Gasteiger partial charge on any atom is 0.251 e. The van der Waals surface area contributed by atoms with Crippen molar-refractivity contribution in [1.82, 2.24) is 30.3 Å². The van der Waals surface area contributed by atoms with Gasteiger partial charge in [-0.05, 0) is 33.1 Å². The van der Waals surface area contributed by atoms with E-state index in [2.05, 4.69) is 25.8 Å². The lowest BCUT2D eigenvalue weighted by Gasteiger charge is -2.32. The Morgan fingerprint density at radius 1 is 1.31 bits per heavy atom. The summed E-state index contributed by atoms with van der Waals surface area (Å²) in [5, 5.41) is 15.0. The van der Waals surface area contributed by atoms with Crippen molar-refractivity contribution >= 4 is 29.9 Å². The van der Waals surface area contributed by atoms with Crippen LogP contribution < -0.4 is 10.6 Å². The van der Waals surface area contributed by atoms with Gasteiger partial charge in [0.25, 0.3) is 6.43 Å². The zero-order valence-electron chi connectivity index (χ0n) is 17.5. The lowest BCUT2D eigenvalue weighted by atomic mass is 10.1. The van der Waals surface area contributed by atoms with E-state index >= 15 is 0 Å². The van der Waals surface area contributed by atoms with Crippen LogP contribution >= 0.6 is 24.0 Å². The van der Waals surface area contributed by atoms with Crippen LogP contribution in [0.4, 0.5) is 8.78 Å². The van der Waals surface area contributed by atoms with Gasteiger partial charge in [0.1, 0.15) is 12.4 Å². The summed E-state index contributed by atoms with van der Waals surface area (Å²) in [5.41, 5.74) is 0. The molecule has 168 valence electrons. The lowest BCUT2D eigenvalue weighted by Crippen LogP contribution is -2.49. The first-order chi connectivity index (χ1) is 13.5. The van der Waals surface area contributed by atoms with Gasteiger partial charge in [-0.3, -0.25) is 4.90 Å². The molecule has 1 aliphatic rings. The summed E-state index contributed by atoms with van der Waals surface area (Å²) >= 11 is 0. The molecule has 1 aliphatic heterocycles. The van der Waals surface area contributed by atoms with E-state index in [0.717, 1.165) is 37.5 Å². The highest BCUT2D eigenvalue weighted by Gasteiger charge is 2.22. The van der Waals surface area contributed by atoms with Crippen LogP contribution in [0.3, 0.4) is 0 Å². The average Bonchev–Trinajstić information content (AvgIpc) is 2.98. The van der Waals surface area contributed by atoms with E-state index in [0.29, 0.717) is 38.8 Å². The van der Waals surface area contributed by atoms with Gasteiger partial charge in [0.15, 0.2) is 11.8 Å². The predicted octanol–water partition coefficient (Wildman–Crippen LogP) is 1.93. The molecular formula is C18H34F2IN7O. The van der Waals surface area contributed by atoms with Crippen molar-refractivity contribution in [2.45, 2.75) is 52.1 Å². The molecule has 2 rings (SSSR count). The van der Waals surface area contributed by atoms with E-state index in [1.807, 2.05) is 30.4 Å². The van der Waals surface area contributed by atoms with Gasteiger partial charge in [0.2, 0.25) is 0 Å². The van der Waals surface area contributed by atoms with Crippen molar-refractivity contribution in [3.05, 3.63) is 11.6 Å². The average molecular weight is 529 g/mol. The van der Waals surface area contributed by atoms with Gasteiger partial charge >= 0.3 is 0 Å². The molecule has 1 aromatic heterocycles. The van der Waals surface area contributed by atoms with Crippen LogP contribution in [0.5, 0.6) is 0 Å². The molecule has 0 aliphatic carbocycles. The van der Waals surface area contributed by atoms with Crippen molar-refractivity contribution in [2.75, 3.05) is 39.4 Å². The third-order valence-corrected chi connectivity index (χ3v) is 4.85. The van der Waals surface area contributed by atoms with Crippen molar-refractivity contribution in [1.29, 1.82) is 0 Å². The number of aromatic nitrogens is 3. The monoisotopic (exact) mass is 529 g/mol. The smallest absolute Gasteiger partial charge is 0.251 e. The first kappa shape index (κ1) is 26.0. The minimum atomic E-state index is -2.27. The largest absolute Gasteiger partial charge is 0.382 e. The Morgan fingerprint density at radius 2 is 2.03 bits per heavy atom. The molecule has 0 aromatic carbocycles. The first-order valence-corrected chi connectivity index (χ1v) is 9.97. The number of halogens is 3. The number of likely N-dealkylation sites (tertiary alicyclic amines) is 1. The number of nitrogens with zero attached hydrogens (tertiary/aromatic N) is 5. The third-order valence-electron chi connectivity index (χ3n) is 4.85. The van der Waals surface area contributed by atoms with Crippen molar-refractivity contribution < 1.29 is 13.5 Å². The van der Waals surface area contributed by atoms with Gasteiger partial charge in [-0.25, -0.2) is 13.8 Å². The zero-order valence-corrected chi connectivity index (χ0v) is 19.9. The SMILES string of the molecule is CCOCCCNC(=NCc1nnc(C)n1C)NC1CCN(CC(F)F)CC1.I. The Bertz CT molecular complexity index is 607. The van der Waals surface area contributed by atoms with Crippen LogP contribution in [0.15, 0.2) is 4.99 Å². The van der Waals surface area contributed by atoms with Crippen molar-refractivity contribution in [3.63, 3.8) is 0 Å². The Kier molecular flexibility index (Phi) is 12.5. The number of hydrogen-bond acceptors (Lipinski definition) is 5. The van der Waals surface area contributed by atoms with Crippen LogP contribution in [0, 0.1) is 6.92 Å². The van der Waals surface area contributed by atoms with Gasteiger partial charge < -0.3 is 19.9 Å². The fourth-order valence-corrected chi connectivity index (χ4v) is 3.06. The third kappa shape index (κ3) is 9.51. The van der Waals surface area contributed by atoms with E-state index in [1.54, 1.807) is 0 Å². The Morgan fingerprint density at radius 3 is 2.62 bits per heavy atom. The van der Waals surface area contributed by atoms with E-state index in [9.17, 15) is 8.78 Å². The second-order valence-electron chi connectivity index (χ2n) is 6.97.